The zero-order valence-electron chi connectivity index (χ0n) is 17.1. The van der Waals surface area contributed by atoms with Crippen molar-refractivity contribution in [3.63, 3.8) is 0 Å². The first-order valence-corrected chi connectivity index (χ1v) is 9.85. The fourth-order valence-corrected chi connectivity index (χ4v) is 3.61. The molecule has 4 nitrogen and oxygen atoms in total. The van der Waals surface area contributed by atoms with Gasteiger partial charge in [-0.3, -0.25) is 14.4 Å². The van der Waals surface area contributed by atoms with Gasteiger partial charge < -0.3 is 4.90 Å². The average molecular weight is 370 g/mol. The molecule has 0 saturated heterocycles. The zero-order chi connectivity index (χ0) is 20.1. The Kier molecular flexibility index (Phi) is 7.11. The Morgan fingerprint density at radius 3 is 2.22 bits per heavy atom. The number of carbonyl (C=O) groups is 3. The fourth-order valence-electron chi connectivity index (χ4n) is 3.61. The summed E-state index contributed by atoms with van der Waals surface area (Å²) in [5.41, 5.74) is 2.31. The van der Waals surface area contributed by atoms with E-state index in [0.717, 1.165) is 5.56 Å². The molecule has 0 bridgehead atoms. The lowest BCUT2D eigenvalue weighted by molar-refractivity contribution is -0.133. The van der Waals surface area contributed by atoms with Crippen molar-refractivity contribution >= 4 is 17.5 Å². The maximum absolute atomic E-state index is 12.7. The lowest BCUT2D eigenvalue weighted by Gasteiger charge is -2.28. The van der Waals surface area contributed by atoms with Crippen molar-refractivity contribution in [3.05, 3.63) is 47.0 Å². The van der Waals surface area contributed by atoms with Crippen LogP contribution in [0.2, 0.25) is 0 Å². The van der Waals surface area contributed by atoms with E-state index in [2.05, 4.69) is 0 Å². The second-order valence-corrected chi connectivity index (χ2v) is 7.86. The van der Waals surface area contributed by atoms with Crippen LogP contribution < -0.4 is 0 Å². The number of nitrogens with zero attached hydrogens (tertiary/aromatic N) is 1. The van der Waals surface area contributed by atoms with Gasteiger partial charge in [0.2, 0.25) is 5.91 Å². The number of amides is 1. The molecule has 1 aliphatic rings. The van der Waals surface area contributed by atoms with Crippen molar-refractivity contribution in [1.82, 2.24) is 4.90 Å². The van der Waals surface area contributed by atoms with Crippen molar-refractivity contribution in [3.8, 4) is 0 Å². The third-order valence-electron chi connectivity index (χ3n) is 5.65. The largest absolute Gasteiger partial charge is 0.336 e. The molecule has 0 radical (unpaired) electrons. The van der Waals surface area contributed by atoms with Gasteiger partial charge in [0.05, 0.1) is 0 Å². The molecule has 1 aromatic rings. The number of hydrogen-bond donors (Lipinski definition) is 0. The summed E-state index contributed by atoms with van der Waals surface area (Å²) in [6.07, 6.45) is 1.47. The topological polar surface area (TPSA) is 54.5 Å². The van der Waals surface area contributed by atoms with E-state index >= 15 is 0 Å². The Labute approximate surface area is 162 Å². The summed E-state index contributed by atoms with van der Waals surface area (Å²) in [5.74, 6) is -0.293. The van der Waals surface area contributed by atoms with Crippen LogP contribution in [-0.4, -0.2) is 28.4 Å². The van der Waals surface area contributed by atoms with Gasteiger partial charge >= 0.3 is 0 Å². The normalized spacial score (nSPS) is 20.4. The van der Waals surface area contributed by atoms with Gasteiger partial charge in [0, 0.05) is 36.4 Å². The SMILES string of the molecule is CC1=C(CCCC(=O)N(Cc2ccccc2)C(C)C)C(=O)C(C)C(C)C1=O. The molecule has 0 saturated carbocycles. The molecule has 27 heavy (non-hydrogen) atoms. The predicted octanol–water partition coefficient (Wildman–Crippen LogP) is 4.33. The van der Waals surface area contributed by atoms with Crippen LogP contribution in [0.5, 0.6) is 0 Å². The van der Waals surface area contributed by atoms with Gasteiger partial charge in [0.1, 0.15) is 0 Å². The van der Waals surface area contributed by atoms with Gasteiger partial charge in [-0.05, 0) is 44.7 Å². The molecule has 0 spiro atoms. The Morgan fingerprint density at radius 2 is 1.63 bits per heavy atom. The lowest BCUT2D eigenvalue weighted by atomic mass is 9.75. The Morgan fingerprint density at radius 1 is 1.04 bits per heavy atom. The predicted molar refractivity (Wildman–Crippen MR) is 107 cm³/mol. The molecule has 2 unspecified atom stereocenters. The highest BCUT2D eigenvalue weighted by Crippen LogP contribution is 2.31. The van der Waals surface area contributed by atoms with Crippen LogP contribution in [0.3, 0.4) is 0 Å². The van der Waals surface area contributed by atoms with Gasteiger partial charge in [0.25, 0.3) is 0 Å². The second-order valence-electron chi connectivity index (χ2n) is 7.86. The third kappa shape index (κ3) is 4.94. The maximum atomic E-state index is 12.7. The van der Waals surface area contributed by atoms with Crippen molar-refractivity contribution in [2.45, 2.75) is 66.5 Å². The summed E-state index contributed by atoms with van der Waals surface area (Å²) in [6, 6.07) is 10.1. The number of hydrogen-bond acceptors (Lipinski definition) is 3. The molecule has 0 fully saturated rings. The molecule has 0 N–H and O–H groups in total. The molecule has 0 aliphatic heterocycles. The summed E-state index contributed by atoms with van der Waals surface area (Å²) in [4.78, 5) is 39.5. The highest BCUT2D eigenvalue weighted by Gasteiger charge is 2.35. The zero-order valence-corrected chi connectivity index (χ0v) is 17.1. The van der Waals surface area contributed by atoms with Crippen LogP contribution >= 0.6 is 0 Å². The van der Waals surface area contributed by atoms with Gasteiger partial charge in [-0.15, -0.1) is 0 Å². The number of ketones is 2. The van der Waals surface area contributed by atoms with E-state index in [0.29, 0.717) is 37.0 Å². The summed E-state index contributed by atoms with van der Waals surface area (Å²) < 4.78 is 0. The van der Waals surface area contributed by atoms with E-state index in [1.54, 1.807) is 6.92 Å². The van der Waals surface area contributed by atoms with Gasteiger partial charge in [-0.25, -0.2) is 0 Å². The van der Waals surface area contributed by atoms with E-state index in [9.17, 15) is 14.4 Å². The van der Waals surface area contributed by atoms with E-state index in [1.807, 2.05) is 62.9 Å². The maximum Gasteiger partial charge on any atom is 0.223 e. The molecular weight excluding hydrogens is 338 g/mol. The minimum Gasteiger partial charge on any atom is -0.336 e. The second kappa shape index (κ2) is 9.12. The molecule has 0 aromatic heterocycles. The van der Waals surface area contributed by atoms with E-state index in [-0.39, 0.29) is 35.4 Å². The molecule has 1 aromatic carbocycles. The molecule has 1 aliphatic carbocycles. The monoisotopic (exact) mass is 369 g/mol. The summed E-state index contributed by atoms with van der Waals surface area (Å²) in [6.45, 7) is 10.0. The quantitative estimate of drug-likeness (QED) is 0.719. The van der Waals surface area contributed by atoms with Crippen LogP contribution in [0, 0.1) is 11.8 Å². The van der Waals surface area contributed by atoms with Gasteiger partial charge in [-0.2, -0.15) is 0 Å². The van der Waals surface area contributed by atoms with Crippen LogP contribution in [0.1, 0.15) is 59.4 Å². The number of rotatable bonds is 7. The Bertz CT molecular complexity index is 733. The van der Waals surface area contributed by atoms with Crippen LogP contribution in [0.4, 0.5) is 0 Å². The van der Waals surface area contributed by atoms with Gasteiger partial charge in [0.15, 0.2) is 11.6 Å². The average Bonchev–Trinajstić information content (AvgIpc) is 2.66. The molecule has 4 heteroatoms. The summed E-state index contributed by atoms with van der Waals surface area (Å²) in [7, 11) is 0. The fraction of sp³-hybridized carbons (Fsp3) is 0.522. The standard InChI is InChI=1S/C23H31NO3/c1-15(2)24(14-19-10-7-6-8-11-19)21(25)13-9-12-20-18(5)22(26)16(3)17(4)23(20)27/h6-8,10-11,15-17H,9,12-14H2,1-5H3. The number of carbonyl (C=O) groups excluding carboxylic acids is 3. The van der Waals surface area contributed by atoms with E-state index < -0.39 is 0 Å². The Balaban J connectivity index is 1.99. The molecular formula is C23H31NO3. The van der Waals surface area contributed by atoms with Gasteiger partial charge in [-0.1, -0.05) is 44.2 Å². The first kappa shape index (κ1) is 21.1. The molecule has 2 rings (SSSR count). The van der Waals surface area contributed by atoms with E-state index in [4.69, 9.17) is 0 Å². The highest BCUT2D eigenvalue weighted by molar-refractivity contribution is 6.13. The third-order valence-corrected chi connectivity index (χ3v) is 5.65. The molecule has 1 amide bonds. The van der Waals surface area contributed by atoms with Crippen molar-refractivity contribution in [2.24, 2.45) is 11.8 Å². The van der Waals surface area contributed by atoms with Crippen molar-refractivity contribution in [1.29, 1.82) is 0 Å². The van der Waals surface area contributed by atoms with Crippen LogP contribution in [0.15, 0.2) is 41.5 Å². The number of benzene rings is 1. The molecule has 2 atom stereocenters. The first-order chi connectivity index (χ1) is 12.7. The Hall–Kier alpha value is -2.23. The minimum absolute atomic E-state index is 0.0660. The summed E-state index contributed by atoms with van der Waals surface area (Å²) >= 11 is 0. The number of allylic oxidation sites excluding steroid dienone is 2. The van der Waals surface area contributed by atoms with Crippen molar-refractivity contribution in [2.75, 3.05) is 0 Å². The summed E-state index contributed by atoms with van der Waals surface area (Å²) in [5, 5.41) is 0. The minimum atomic E-state index is -0.267. The number of Topliss-reactive ketones (excluding diaryl/α,β-unsaturated/α-hetero) is 2. The lowest BCUT2D eigenvalue weighted by Crippen LogP contribution is -2.36. The van der Waals surface area contributed by atoms with E-state index in [1.165, 1.54) is 0 Å². The van der Waals surface area contributed by atoms with Crippen LogP contribution in [0.25, 0.3) is 0 Å². The van der Waals surface area contributed by atoms with Crippen molar-refractivity contribution < 1.29 is 14.4 Å². The highest BCUT2D eigenvalue weighted by atomic mass is 16.2. The smallest absolute Gasteiger partial charge is 0.223 e. The molecule has 146 valence electrons. The first-order valence-electron chi connectivity index (χ1n) is 9.85. The van der Waals surface area contributed by atoms with Crippen LogP contribution in [-0.2, 0) is 20.9 Å². The molecule has 0 heterocycles.